The van der Waals surface area contributed by atoms with Gasteiger partial charge in [-0.25, -0.2) is 14.4 Å². The number of nitrogens with one attached hydrogen (secondary N) is 1. The predicted octanol–water partition coefficient (Wildman–Crippen LogP) is 2.04. The highest BCUT2D eigenvalue weighted by Gasteiger charge is 2.25. The molecule has 7 heteroatoms. The quantitative estimate of drug-likeness (QED) is 0.685. The molecule has 2 rings (SSSR count). The Balaban J connectivity index is 2.51. The van der Waals surface area contributed by atoms with E-state index in [0.717, 1.165) is 0 Å². The van der Waals surface area contributed by atoms with E-state index in [1.165, 1.54) is 27.5 Å². The van der Waals surface area contributed by atoms with E-state index in [-0.39, 0.29) is 11.1 Å². The Labute approximate surface area is 132 Å². The Morgan fingerprint density at radius 3 is 1.91 bits per heavy atom. The van der Waals surface area contributed by atoms with Gasteiger partial charge in [0, 0.05) is 6.20 Å². The van der Waals surface area contributed by atoms with Gasteiger partial charge in [0.25, 0.3) is 0 Å². The average Bonchev–Trinajstić information content (AvgIpc) is 3.04. The van der Waals surface area contributed by atoms with Crippen LogP contribution in [0.25, 0.3) is 11.3 Å². The second-order valence-electron chi connectivity index (χ2n) is 4.50. The van der Waals surface area contributed by atoms with Crippen molar-refractivity contribution in [3.05, 3.63) is 47.2 Å². The van der Waals surface area contributed by atoms with Crippen molar-refractivity contribution >= 4 is 17.9 Å². The summed E-state index contributed by atoms with van der Waals surface area (Å²) in [6.07, 6.45) is 1.38. The molecule has 0 aliphatic heterocycles. The van der Waals surface area contributed by atoms with Gasteiger partial charge in [-0.1, -0.05) is 12.1 Å². The van der Waals surface area contributed by atoms with Gasteiger partial charge in [-0.2, -0.15) is 0 Å². The third-order valence-corrected chi connectivity index (χ3v) is 3.27. The Morgan fingerprint density at radius 1 is 0.826 bits per heavy atom. The van der Waals surface area contributed by atoms with Crippen LogP contribution in [0.2, 0.25) is 0 Å². The first-order valence-electron chi connectivity index (χ1n) is 6.60. The predicted molar refractivity (Wildman–Crippen MR) is 80.2 cm³/mol. The van der Waals surface area contributed by atoms with Crippen molar-refractivity contribution in [1.82, 2.24) is 4.98 Å². The monoisotopic (exact) mass is 317 g/mol. The topological polar surface area (TPSA) is 94.7 Å². The van der Waals surface area contributed by atoms with E-state index >= 15 is 0 Å². The van der Waals surface area contributed by atoms with Gasteiger partial charge in [-0.3, -0.25) is 0 Å². The highest BCUT2D eigenvalue weighted by molar-refractivity contribution is 6.07. The number of carbonyl (C=O) groups excluding carboxylic acids is 3. The molecule has 7 nitrogen and oxygen atoms in total. The maximum absolute atomic E-state index is 12.0. The van der Waals surface area contributed by atoms with Crippen molar-refractivity contribution in [3.63, 3.8) is 0 Å². The fourth-order valence-electron chi connectivity index (χ4n) is 2.13. The zero-order valence-corrected chi connectivity index (χ0v) is 12.8. The van der Waals surface area contributed by atoms with Crippen LogP contribution in [0.3, 0.4) is 0 Å². The van der Waals surface area contributed by atoms with Gasteiger partial charge in [0.2, 0.25) is 0 Å². The molecule has 1 aromatic carbocycles. The number of aromatic nitrogens is 1. The maximum Gasteiger partial charge on any atom is 0.340 e. The molecule has 0 aliphatic rings. The summed E-state index contributed by atoms with van der Waals surface area (Å²) in [5.41, 5.74) is 1.52. The number of esters is 3. The number of rotatable bonds is 4. The fourth-order valence-corrected chi connectivity index (χ4v) is 2.13. The first-order valence-corrected chi connectivity index (χ1v) is 6.60. The molecule has 0 spiro atoms. The normalized spacial score (nSPS) is 10.0. The minimum atomic E-state index is -0.668. The van der Waals surface area contributed by atoms with E-state index in [0.29, 0.717) is 16.8 Å². The van der Waals surface area contributed by atoms with Gasteiger partial charge in [0.1, 0.15) is 0 Å². The highest BCUT2D eigenvalue weighted by Crippen LogP contribution is 2.27. The zero-order valence-electron chi connectivity index (χ0n) is 12.8. The number of hydrogen-bond donors (Lipinski definition) is 1. The largest absolute Gasteiger partial charge is 0.465 e. The molecule has 0 fully saturated rings. The molecule has 0 saturated carbocycles. The van der Waals surface area contributed by atoms with Crippen LogP contribution in [0.15, 0.2) is 30.5 Å². The first kappa shape index (κ1) is 16.3. The van der Waals surface area contributed by atoms with Crippen molar-refractivity contribution < 1.29 is 28.6 Å². The van der Waals surface area contributed by atoms with Crippen LogP contribution in [0.4, 0.5) is 0 Å². The van der Waals surface area contributed by atoms with Gasteiger partial charge < -0.3 is 19.2 Å². The minimum absolute atomic E-state index is 0.0742. The molecule has 1 N–H and O–H groups in total. The average molecular weight is 317 g/mol. The summed E-state index contributed by atoms with van der Waals surface area (Å²) in [5, 5.41) is 0. The highest BCUT2D eigenvalue weighted by atomic mass is 16.5. The summed E-state index contributed by atoms with van der Waals surface area (Å²) in [5.74, 6) is -1.79. The van der Waals surface area contributed by atoms with E-state index in [2.05, 4.69) is 14.5 Å². The maximum atomic E-state index is 12.0. The number of ether oxygens (including phenoxy) is 3. The molecule has 1 heterocycles. The van der Waals surface area contributed by atoms with Crippen molar-refractivity contribution in [1.29, 1.82) is 0 Å². The molecular weight excluding hydrogens is 302 g/mol. The second kappa shape index (κ2) is 6.78. The molecule has 120 valence electrons. The summed E-state index contributed by atoms with van der Waals surface area (Å²) in [6, 6.07) is 6.37. The lowest BCUT2D eigenvalue weighted by molar-refractivity contribution is 0.0557. The van der Waals surface area contributed by atoms with Crippen molar-refractivity contribution in [2.45, 2.75) is 0 Å². The molecule has 0 saturated heterocycles. The lowest BCUT2D eigenvalue weighted by Crippen LogP contribution is -2.10. The molecule has 0 radical (unpaired) electrons. The Bertz CT molecular complexity index is 744. The van der Waals surface area contributed by atoms with E-state index in [9.17, 15) is 14.4 Å². The smallest absolute Gasteiger partial charge is 0.340 e. The van der Waals surface area contributed by atoms with E-state index in [1.54, 1.807) is 24.3 Å². The van der Waals surface area contributed by atoms with Crippen molar-refractivity contribution in [2.24, 2.45) is 0 Å². The second-order valence-corrected chi connectivity index (χ2v) is 4.50. The molecule has 1 aromatic heterocycles. The van der Waals surface area contributed by atoms with Crippen LogP contribution in [0.1, 0.15) is 31.1 Å². The molecule has 0 bridgehead atoms. The first-order chi connectivity index (χ1) is 11.0. The molecule has 0 unspecified atom stereocenters. The van der Waals surface area contributed by atoms with Gasteiger partial charge in [0.15, 0.2) is 0 Å². The van der Waals surface area contributed by atoms with Crippen LogP contribution in [0, 0.1) is 0 Å². The Kier molecular flexibility index (Phi) is 4.80. The van der Waals surface area contributed by atoms with Crippen LogP contribution in [-0.2, 0) is 14.2 Å². The van der Waals surface area contributed by atoms with Gasteiger partial charge in [0.05, 0.1) is 43.7 Å². The van der Waals surface area contributed by atoms with Crippen LogP contribution < -0.4 is 0 Å². The van der Waals surface area contributed by atoms with E-state index in [1.807, 2.05) is 0 Å². The number of benzene rings is 1. The molecular formula is C16H15NO6. The number of methoxy groups -OCH3 is 3. The summed E-state index contributed by atoms with van der Waals surface area (Å²) in [7, 11) is 3.74. The van der Waals surface area contributed by atoms with Crippen LogP contribution >= 0.6 is 0 Å². The summed E-state index contributed by atoms with van der Waals surface area (Å²) in [4.78, 5) is 38.1. The molecule has 2 aromatic rings. The molecule has 0 amide bonds. The van der Waals surface area contributed by atoms with Crippen molar-refractivity contribution in [2.75, 3.05) is 21.3 Å². The molecule has 0 aliphatic carbocycles. The van der Waals surface area contributed by atoms with Crippen LogP contribution in [0.5, 0.6) is 0 Å². The molecule has 0 atom stereocenters. The SMILES string of the molecule is COC(=O)c1ccc(-c2[nH]cc(C(=O)OC)c2C(=O)OC)cc1. The number of hydrogen-bond acceptors (Lipinski definition) is 6. The van der Waals surface area contributed by atoms with Crippen LogP contribution in [-0.4, -0.2) is 44.2 Å². The summed E-state index contributed by atoms with van der Waals surface area (Å²) >= 11 is 0. The summed E-state index contributed by atoms with van der Waals surface area (Å²) in [6.45, 7) is 0. The number of aromatic amines is 1. The van der Waals surface area contributed by atoms with Gasteiger partial charge in [-0.15, -0.1) is 0 Å². The third kappa shape index (κ3) is 3.08. The third-order valence-electron chi connectivity index (χ3n) is 3.27. The lowest BCUT2D eigenvalue weighted by atomic mass is 10.0. The lowest BCUT2D eigenvalue weighted by Gasteiger charge is -2.06. The van der Waals surface area contributed by atoms with Gasteiger partial charge in [-0.05, 0) is 17.7 Å². The fraction of sp³-hybridized carbons (Fsp3) is 0.188. The number of carbonyl (C=O) groups is 3. The van der Waals surface area contributed by atoms with E-state index in [4.69, 9.17) is 4.74 Å². The Hall–Kier alpha value is -3.09. The minimum Gasteiger partial charge on any atom is -0.465 e. The Morgan fingerprint density at radius 2 is 1.39 bits per heavy atom. The standard InChI is InChI=1S/C16H15NO6/c1-21-14(18)10-6-4-9(5-7-10)13-12(16(20)23-3)11(8-17-13)15(19)22-2/h4-8,17H,1-3H3. The zero-order chi connectivity index (χ0) is 17.0. The van der Waals surface area contributed by atoms with Gasteiger partial charge >= 0.3 is 17.9 Å². The number of H-pyrrole nitrogens is 1. The van der Waals surface area contributed by atoms with Crippen molar-refractivity contribution in [3.8, 4) is 11.3 Å². The molecule has 23 heavy (non-hydrogen) atoms. The van der Waals surface area contributed by atoms with E-state index < -0.39 is 17.9 Å². The summed E-state index contributed by atoms with van der Waals surface area (Å²) < 4.78 is 14.0.